The number of nitrogen functional groups attached to an aromatic ring is 1. The Morgan fingerprint density at radius 3 is 2.93 bits per heavy atom. The standard InChI is InChI=1S/C11H11NOS/c1-2-8-6-14-10-4-7(5-13)3-9(12)11(8)10/h3-6H,2,12H2,1H3. The van der Waals surface area contributed by atoms with E-state index in [2.05, 4.69) is 12.3 Å². The summed E-state index contributed by atoms with van der Waals surface area (Å²) in [6.45, 7) is 2.11. The van der Waals surface area contributed by atoms with Gasteiger partial charge in [-0.1, -0.05) is 6.92 Å². The number of nitrogens with two attached hydrogens (primary N) is 1. The number of carbonyl (C=O) groups is 1. The number of anilines is 1. The normalized spacial score (nSPS) is 10.6. The molecule has 1 aromatic heterocycles. The van der Waals surface area contributed by atoms with Gasteiger partial charge in [0.25, 0.3) is 0 Å². The van der Waals surface area contributed by atoms with Crippen LogP contribution in [0.5, 0.6) is 0 Å². The van der Waals surface area contributed by atoms with Gasteiger partial charge >= 0.3 is 0 Å². The van der Waals surface area contributed by atoms with Crippen molar-refractivity contribution in [3.8, 4) is 0 Å². The average molecular weight is 205 g/mol. The zero-order chi connectivity index (χ0) is 10.1. The van der Waals surface area contributed by atoms with Gasteiger partial charge in [0.15, 0.2) is 0 Å². The fourth-order valence-corrected chi connectivity index (χ4v) is 2.74. The third kappa shape index (κ3) is 1.30. The van der Waals surface area contributed by atoms with Crippen LogP contribution in [-0.2, 0) is 6.42 Å². The topological polar surface area (TPSA) is 43.1 Å². The first-order valence-corrected chi connectivity index (χ1v) is 5.39. The maximum absolute atomic E-state index is 10.6. The first-order chi connectivity index (χ1) is 6.76. The maximum Gasteiger partial charge on any atom is 0.150 e. The van der Waals surface area contributed by atoms with Crippen LogP contribution in [0.3, 0.4) is 0 Å². The van der Waals surface area contributed by atoms with Gasteiger partial charge in [0.1, 0.15) is 6.29 Å². The van der Waals surface area contributed by atoms with Crippen LogP contribution in [0.25, 0.3) is 10.1 Å². The highest BCUT2D eigenvalue weighted by molar-refractivity contribution is 7.17. The van der Waals surface area contributed by atoms with Gasteiger partial charge in [-0.2, -0.15) is 0 Å². The van der Waals surface area contributed by atoms with E-state index in [4.69, 9.17) is 5.73 Å². The van der Waals surface area contributed by atoms with Gasteiger partial charge in [-0.3, -0.25) is 4.79 Å². The molecule has 0 radical (unpaired) electrons. The lowest BCUT2D eigenvalue weighted by Crippen LogP contribution is -1.90. The third-order valence-corrected chi connectivity index (χ3v) is 3.30. The van der Waals surface area contributed by atoms with Crippen molar-refractivity contribution in [2.24, 2.45) is 0 Å². The van der Waals surface area contributed by atoms with Gasteiger partial charge in [-0.25, -0.2) is 0 Å². The Kier molecular flexibility index (Phi) is 2.25. The van der Waals surface area contributed by atoms with E-state index in [0.717, 1.165) is 22.8 Å². The molecule has 0 aliphatic carbocycles. The summed E-state index contributed by atoms with van der Waals surface area (Å²) in [5.41, 5.74) is 8.53. The monoisotopic (exact) mass is 205 g/mol. The van der Waals surface area contributed by atoms with Gasteiger partial charge in [0, 0.05) is 21.3 Å². The summed E-state index contributed by atoms with van der Waals surface area (Å²) < 4.78 is 1.10. The van der Waals surface area contributed by atoms with E-state index in [1.54, 1.807) is 17.4 Å². The number of benzene rings is 1. The molecule has 0 fully saturated rings. The van der Waals surface area contributed by atoms with Crippen LogP contribution >= 0.6 is 11.3 Å². The molecule has 0 saturated heterocycles. The van der Waals surface area contributed by atoms with Crippen molar-refractivity contribution in [2.75, 3.05) is 5.73 Å². The number of thiophene rings is 1. The molecular formula is C11H11NOS. The van der Waals surface area contributed by atoms with Crippen molar-refractivity contribution in [1.29, 1.82) is 0 Å². The minimum Gasteiger partial charge on any atom is -0.398 e. The molecule has 3 heteroatoms. The van der Waals surface area contributed by atoms with E-state index in [0.29, 0.717) is 11.3 Å². The van der Waals surface area contributed by atoms with Crippen LogP contribution in [0, 0.1) is 0 Å². The zero-order valence-electron chi connectivity index (χ0n) is 7.91. The lowest BCUT2D eigenvalue weighted by atomic mass is 10.1. The Morgan fingerprint density at radius 1 is 1.50 bits per heavy atom. The highest BCUT2D eigenvalue weighted by atomic mass is 32.1. The second-order valence-electron chi connectivity index (χ2n) is 3.22. The van der Waals surface area contributed by atoms with Crippen molar-refractivity contribution < 1.29 is 4.79 Å². The zero-order valence-corrected chi connectivity index (χ0v) is 8.73. The lowest BCUT2D eigenvalue weighted by molar-refractivity contribution is 0.112. The van der Waals surface area contributed by atoms with Crippen molar-refractivity contribution in [1.82, 2.24) is 0 Å². The summed E-state index contributed by atoms with van der Waals surface area (Å²) >= 11 is 1.64. The van der Waals surface area contributed by atoms with Crippen LogP contribution < -0.4 is 5.73 Å². The first kappa shape index (κ1) is 9.21. The third-order valence-electron chi connectivity index (χ3n) is 2.32. The first-order valence-electron chi connectivity index (χ1n) is 4.51. The van der Waals surface area contributed by atoms with Crippen molar-refractivity contribution in [3.63, 3.8) is 0 Å². The molecule has 0 saturated carbocycles. The van der Waals surface area contributed by atoms with Gasteiger partial charge in [0.05, 0.1) is 0 Å². The summed E-state index contributed by atoms with van der Waals surface area (Å²) in [4.78, 5) is 10.6. The number of fused-ring (bicyclic) bond motifs is 1. The van der Waals surface area contributed by atoms with Crippen molar-refractivity contribution in [3.05, 3.63) is 28.6 Å². The number of rotatable bonds is 2. The van der Waals surface area contributed by atoms with Crippen molar-refractivity contribution >= 4 is 33.4 Å². The predicted octanol–water partition coefficient (Wildman–Crippen LogP) is 2.86. The van der Waals surface area contributed by atoms with Gasteiger partial charge in [-0.15, -0.1) is 11.3 Å². The Balaban J connectivity index is 2.78. The fraction of sp³-hybridized carbons (Fsp3) is 0.182. The molecule has 0 spiro atoms. The lowest BCUT2D eigenvalue weighted by Gasteiger charge is -2.00. The van der Waals surface area contributed by atoms with E-state index in [9.17, 15) is 4.79 Å². The molecule has 2 N–H and O–H groups in total. The van der Waals surface area contributed by atoms with E-state index in [1.165, 1.54) is 5.56 Å². The highest BCUT2D eigenvalue weighted by Gasteiger charge is 2.07. The predicted molar refractivity (Wildman–Crippen MR) is 61.0 cm³/mol. The summed E-state index contributed by atoms with van der Waals surface area (Å²) in [5.74, 6) is 0. The van der Waals surface area contributed by atoms with E-state index in [-0.39, 0.29) is 0 Å². The Bertz CT molecular complexity index is 487. The average Bonchev–Trinajstić information content (AvgIpc) is 2.61. The molecule has 1 aromatic carbocycles. The summed E-state index contributed by atoms with van der Waals surface area (Å²) in [6.07, 6.45) is 1.81. The molecule has 2 rings (SSSR count). The minimum atomic E-state index is 0.652. The molecule has 14 heavy (non-hydrogen) atoms. The number of aryl methyl sites for hydroxylation is 1. The number of aldehydes is 1. The highest BCUT2D eigenvalue weighted by Crippen LogP contribution is 2.31. The Hall–Kier alpha value is -1.35. The van der Waals surface area contributed by atoms with Crippen LogP contribution in [0.4, 0.5) is 5.69 Å². The van der Waals surface area contributed by atoms with Gasteiger partial charge in [-0.05, 0) is 29.5 Å². The molecule has 2 aromatic rings. The molecule has 0 atom stereocenters. The van der Waals surface area contributed by atoms with E-state index < -0.39 is 0 Å². The number of hydrogen-bond acceptors (Lipinski definition) is 3. The van der Waals surface area contributed by atoms with Crippen molar-refractivity contribution in [2.45, 2.75) is 13.3 Å². The smallest absolute Gasteiger partial charge is 0.150 e. The maximum atomic E-state index is 10.6. The van der Waals surface area contributed by atoms with Crippen LogP contribution in [0.15, 0.2) is 17.5 Å². The SMILES string of the molecule is CCc1csc2cc(C=O)cc(N)c12. The molecule has 72 valence electrons. The van der Waals surface area contributed by atoms with E-state index in [1.807, 2.05) is 6.07 Å². The summed E-state index contributed by atoms with van der Waals surface area (Å²) in [7, 11) is 0. The van der Waals surface area contributed by atoms with E-state index >= 15 is 0 Å². The molecular weight excluding hydrogens is 194 g/mol. The summed E-state index contributed by atoms with van der Waals surface area (Å²) in [5, 5.41) is 3.22. The minimum absolute atomic E-state index is 0.652. The molecule has 0 aliphatic rings. The van der Waals surface area contributed by atoms with Crippen LogP contribution in [0.1, 0.15) is 22.8 Å². The number of carbonyl (C=O) groups excluding carboxylic acids is 1. The Labute approximate surface area is 86.3 Å². The molecule has 0 amide bonds. The van der Waals surface area contributed by atoms with Gasteiger partial charge < -0.3 is 5.73 Å². The molecule has 2 nitrogen and oxygen atoms in total. The fourth-order valence-electron chi connectivity index (χ4n) is 1.62. The van der Waals surface area contributed by atoms with Crippen LogP contribution in [-0.4, -0.2) is 6.29 Å². The number of hydrogen-bond donors (Lipinski definition) is 1. The molecule has 0 unspecified atom stereocenters. The molecule has 1 heterocycles. The van der Waals surface area contributed by atoms with Gasteiger partial charge in [0.2, 0.25) is 0 Å². The second kappa shape index (κ2) is 3.42. The molecule has 0 bridgehead atoms. The second-order valence-corrected chi connectivity index (χ2v) is 4.13. The Morgan fingerprint density at radius 2 is 2.29 bits per heavy atom. The summed E-state index contributed by atoms with van der Waals surface area (Å²) in [6, 6.07) is 3.63. The van der Waals surface area contributed by atoms with Crippen LogP contribution in [0.2, 0.25) is 0 Å². The quantitative estimate of drug-likeness (QED) is 0.605. The molecule has 0 aliphatic heterocycles. The largest absolute Gasteiger partial charge is 0.398 e.